The Balaban J connectivity index is 1.98. The maximum atomic E-state index is 12.3. The Morgan fingerprint density at radius 2 is 2.00 bits per heavy atom. The van der Waals surface area contributed by atoms with Gasteiger partial charge in [0.15, 0.2) is 0 Å². The smallest absolute Gasteiger partial charge is 0.240 e. The molecule has 0 aromatic heterocycles. The molecule has 1 N–H and O–H groups in total. The highest BCUT2D eigenvalue weighted by Gasteiger charge is 2.24. The van der Waals surface area contributed by atoms with E-state index in [2.05, 4.69) is 4.72 Å². The van der Waals surface area contributed by atoms with Crippen LogP contribution in [-0.4, -0.2) is 38.4 Å². The molecule has 0 heterocycles. The lowest BCUT2D eigenvalue weighted by atomic mass is 10.2. The van der Waals surface area contributed by atoms with Crippen molar-refractivity contribution in [2.75, 3.05) is 13.1 Å². The van der Waals surface area contributed by atoms with Gasteiger partial charge in [0.05, 0.1) is 4.90 Å². The highest BCUT2D eigenvalue weighted by molar-refractivity contribution is 7.89. The van der Waals surface area contributed by atoms with Crippen LogP contribution in [0.5, 0.6) is 0 Å². The first kappa shape index (κ1) is 18.2. The van der Waals surface area contributed by atoms with E-state index in [0.717, 1.165) is 25.7 Å². The quantitative estimate of drug-likeness (QED) is 0.850. The van der Waals surface area contributed by atoms with Crippen molar-refractivity contribution in [1.29, 1.82) is 0 Å². The first-order valence-electron chi connectivity index (χ1n) is 7.84. The van der Waals surface area contributed by atoms with E-state index in [-0.39, 0.29) is 23.4 Å². The molecule has 0 spiro atoms. The van der Waals surface area contributed by atoms with Gasteiger partial charge in [-0.15, -0.1) is 0 Å². The molecule has 0 aliphatic heterocycles. The fraction of sp³-hybridized carbons (Fsp3) is 0.562. The summed E-state index contributed by atoms with van der Waals surface area (Å²) < 4.78 is 27.2. The number of amides is 1. The van der Waals surface area contributed by atoms with Crippen molar-refractivity contribution in [1.82, 2.24) is 9.62 Å². The van der Waals surface area contributed by atoms with Crippen LogP contribution < -0.4 is 4.72 Å². The van der Waals surface area contributed by atoms with Gasteiger partial charge in [-0.25, -0.2) is 13.1 Å². The van der Waals surface area contributed by atoms with Crippen molar-refractivity contribution < 1.29 is 13.2 Å². The summed E-state index contributed by atoms with van der Waals surface area (Å²) in [6, 6.07) is 4.85. The molecule has 1 aliphatic carbocycles. The molecule has 1 fully saturated rings. The van der Waals surface area contributed by atoms with Gasteiger partial charge < -0.3 is 4.90 Å². The monoisotopic (exact) mass is 358 g/mol. The van der Waals surface area contributed by atoms with E-state index in [9.17, 15) is 13.2 Å². The second-order valence-corrected chi connectivity index (χ2v) is 8.13. The number of hydrogen-bond acceptors (Lipinski definition) is 3. The Morgan fingerprint density at radius 3 is 2.57 bits per heavy atom. The van der Waals surface area contributed by atoms with Crippen molar-refractivity contribution in [3.05, 3.63) is 28.8 Å². The second kappa shape index (κ2) is 7.64. The third-order valence-electron chi connectivity index (χ3n) is 4.25. The largest absolute Gasteiger partial charge is 0.339 e. The standard InChI is InChI=1S/C16H23ClN2O3S/c1-12-11-15(7-8-16(12)17)23(21,22)18-9-10-19(13(2)20)14-5-3-4-6-14/h7-8,11,14,18H,3-6,9-10H2,1-2H3. The fourth-order valence-electron chi connectivity index (χ4n) is 2.98. The summed E-state index contributed by atoms with van der Waals surface area (Å²) in [5.74, 6) is -0.00145. The summed E-state index contributed by atoms with van der Waals surface area (Å²) in [4.78, 5) is 13.7. The number of carbonyl (C=O) groups excluding carboxylic acids is 1. The van der Waals surface area contributed by atoms with Crippen LogP contribution in [0.15, 0.2) is 23.1 Å². The van der Waals surface area contributed by atoms with Crippen molar-refractivity contribution in [2.24, 2.45) is 0 Å². The zero-order valence-electron chi connectivity index (χ0n) is 13.5. The predicted octanol–water partition coefficient (Wildman–Crippen LogP) is 2.72. The van der Waals surface area contributed by atoms with E-state index in [4.69, 9.17) is 11.6 Å². The molecule has 1 aromatic carbocycles. The SMILES string of the molecule is CC(=O)N(CCNS(=O)(=O)c1ccc(Cl)c(C)c1)C1CCCC1. The van der Waals surface area contributed by atoms with Crippen molar-refractivity contribution in [2.45, 2.75) is 50.5 Å². The van der Waals surface area contributed by atoms with E-state index in [1.165, 1.54) is 13.0 Å². The Kier molecular flexibility index (Phi) is 6.06. The second-order valence-electron chi connectivity index (χ2n) is 5.96. The number of sulfonamides is 1. The molecule has 0 radical (unpaired) electrons. The molecular weight excluding hydrogens is 336 g/mol. The van der Waals surface area contributed by atoms with Gasteiger partial charge in [0.2, 0.25) is 15.9 Å². The van der Waals surface area contributed by atoms with E-state index < -0.39 is 10.0 Å². The van der Waals surface area contributed by atoms with Crippen molar-refractivity contribution in [3.8, 4) is 0 Å². The molecule has 5 nitrogen and oxygen atoms in total. The summed E-state index contributed by atoms with van der Waals surface area (Å²) in [7, 11) is -3.59. The molecule has 1 saturated carbocycles. The number of rotatable bonds is 6. The van der Waals surface area contributed by atoms with Gasteiger partial charge in [0, 0.05) is 31.1 Å². The summed E-state index contributed by atoms with van der Waals surface area (Å²) in [6.07, 6.45) is 4.26. The zero-order chi connectivity index (χ0) is 17.0. The maximum absolute atomic E-state index is 12.3. The molecule has 0 saturated heterocycles. The lowest BCUT2D eigenvalue weighted by Gasteiger charge is -2.27. The number of halogens is 1. The van der Waals surface area contributed by atoms with Gasteiger partial charge in [0.1, 0.15) is 0 Å². The van der Waals surface area contributed by atoms with Crippen LogP contribution in [0.2, 0.25) is 5.02 Å². The van der Waals surface area contributed by atoms with E-state index >= 15 is 0 Å². The van der Waals surface area contributed by atoms with Gasteiger partial charge in [-0.05, 0) is 43.5 Å². The minimum Gasteiger partial charge on any atom is -0.339 e. The van der Waals surface area contributed by atoms with Crippen LogP contribution in [0.4, 0.5) is 0 Å². The van der Waals surface area contributed by atoms with Gasteiger partial charge >= 0.3 is 0 Å². The van der Waals surface area contributed by atoms with Crippen LogP contribution in [0.1, 0.15) is 38.2 Å². The van der Waals surface area contributed by atoms with Gasteiger partial charge in [0.25, 0.3) is 0 Å². The molecule has 23 heavy (non-hydrogen) atoms. The van der Waals surface area contributed by atoms with Crippen molar-refractivity contribution in [3.63, 3.8) is 0 Å². The van der Waals surface area contributed by atoms with E-state index in [1.807, 2.05) is 0 Å². The van der Waals surface area contributed by atoms with Gasteiger partial charge in [-0.1, -0.05) is 24.4 Å². The summed E-state index contributed by atoms with van der Waals surface area (Å²) >= 11 is 5.92. The van der Waals surface area contributed by atoms with Crippen LogP contribution in [0.25, 0.3) is 0 Å². The summed E-state index contributed by atoms with van der Waals surface area (Å²) in [6.45, 7) is 3.90. The number of nitrogens with one attached hydrogen (secondary N) is 1. The number of aryl methyl sites for hydroxylation is 1. The highest BCUT2D eigenvalue weighted by atomic mass is 35.5. The molecule has 1 aromatic rings. The van der Waals surface area contributed by atoms with Crippen LogP contribution in [0.3, 0.4) is 0 Å². The first-order valence-corrected chi connectivity index (χ1v) is 9.70. The predicted molar refractivity (Wildman–Crippen MR) is 91.0 cm³/mol. The van der Waals surface area contributed by atoms with E-state index in [0.29, 0.717) is 17.1 Å². The van der Waals surface area contributed by atoms with Crippen LogP contribution in [-0.2, 0) is 14.8 Å². The molecule has 1 amide bonds. The lowest BCUT2D eigenvalue weighted by molar-refractivity contribution is -0.130. The molecular formula is C16H23ClN2O3S. The third kappa shape index (κ3) is 4.68. The fourth-order valence-corrected chi connectivity index (χ4v) is 4.20. The van der Waals surface area contributed by atoms with E-state index in [1.54, 1.807) is 24.0 Å². The lowest BCUT2D eigenvalue weighted by Crippen LogP contribution is -2.42. The summed E-state index contributed by atoms with van der Waals surface area (Å²) in [5, 5.41) is 0.535. The topological polar surface area (TPSA) is 66.5 Å². The van der Waals surface area contributed by atoms with Gasteiger partial charge in [-0.2, -0.15) is 0 Å². The summed E-state index contributed by atoms with van der Waals surface area (Å²) in [5.41, 5.74) is 0.714. The number of nitrogens with zero attached hydrogens (tertiary/aromatic N) is 1. The van der Waals surface area contributed by atoms with Gasteiger partial charge in [-0.3, -0.25) is 4.79 Å². The molecule has 1 aliphatic rings. The van der Waals surface area contributed by atoms with Crippen LogP contribution >= 0.6 is 11.6 Å². The number of hydrogen-bond donors (Lipinski definition) is 1. The Morgan fingerprint density at radius 1 is 1.35 bits per heavy atom. The minimum absolute atomic E-state index is 0.00145. The average molecular weight is 359 g/mol. The number of carbonyl (C=O) groups is 1. The third-order valence-corrected chi connectivity index (χ3v) is 6.14. The minimum atomic E-state index is -3.59. The average Bonchev–Trinajstić information content (AvgIpc) is 2.99. The maximum Gasteiger partial charge on any atom is 0.240 e. The highest BCUT2D eigenvalue weighted by Crippen LogP contribution is 2.23. The Hall–Kier alpha value is -1.11. The molecule has 128 valence electrons. The molecule has 0 atom stereocenters. The molecule has 7 heteroatoms. The Labute approximate surface area is 143 Å². The molecule has 0 bridgehead atoms. The first-order chi connectivity index (χ1) is 10.8. The van der Waals surface area contributed by atoms with Crippen molar-refractivity contribution >= 4 is 27.5 Å². The number of benzene rings is 1. The normalized spacial score (nSPS) is 15.8. The molecule has 0 unspecified atom stereocenters. The van der Waals surface area contributed by atoms with Crippen LogP contribution in [0, 0.1) is 6.92 Å². The molecule has 2 rings (SSSR count). The zero-order valence-corrected chi connectivity index (χ0v) is 15.1. The Bertz CT molecular complexity index is 670.